The fourth-order valence-electron chi connectivity index (χ4n) is 10.2. The standard InChI is InChI=1S/C53H66FN3O12/c1-5-7-28-65-52(61)57(34-35-17-19-37(54)20-18-35)47-33-44(56-69-48-16-10-13-29-64-48)41-30-36(14-8-11-25-58)40(15-9-12-26-59)49-42-31-39(22-24-45(42)68-53(47,50(41)49)66-27-6-2)67-51(60)55-43-23-21-38(62-3)32-46(43)63-4/h5-6,17-24,30-32,36,40,47-50,58-59H,1-2,7-16,25-29,33-34H2,3-4H3,(H,55,60)/t36-,40+,47-,48?,49+,50+,53+/m0/s1. The molecule has 0 bridgehead atoms. The Bertz CT molecular complexity index is 2280. The van der Waals surface area contributed by atoms with Crippen molar-refractivity contribution in [1.29, 1.82) is 0 Å². The Balaban J connectivity index is 1.41. The second kappa shape index (κ2) is 24.6. The van der Waals surface area contributed by atoms with Crippen molar-refractivity contribution in [2.75, 3.05) is 52.6 Å². The van der Waals surface area contributed by atoms with E-state index in [-0.39, 0.29) is 57.0 Å². The smallest absolute Gasteiger partial charge is 0.417 e. The third kappa shape index (κ3) is 12.1. The number of benzene rings is 3. The largest absolute Gasteiger partial charge is 0.497 e. The lowest BCUT2D eigenvalue weighted by Crippen LogP contribution is -2.70. The molecule has 2 fully saturated rings. The number of carbonyl (C=O) groups is 2. The second-order valence-electron chi connectivity index (χ2n) is 17.7. The van der Waals surface area contributed by atoms with Gasteiger partial charge < -0.3 is 48.2 Å². The monoisotopic (exact) mass is 955 g/mol. The normalized spacial score (nSPS) is 24.1. The van der Waals surface area contributed by atoms with E-state index in [1.807, 2.05) is 6.07 Å². The molecule has 3 N–H and O–H groups in total. The van der Waals surface area contributed by atoms with Crippen LogP contribution >= 0.6 is 0 Å². The molecule has 0 aromatic heterocycles. The molecule has 15 nitrogen and oxygen atoms in total. The number of allylic oxidation sites excluding steroid dienone is 1. The molecule has 2 aliphatic carbocycles. The van der Waals surface area contributed by atoms with Gasteiger partial charge in [0, 0.05) is 50.1 Å². The molecule has 7 rings (SSSR count). The quantitative estimate of drug-likeness (QED) is 0.0467. The van der Waals surface area contributed by atoms with Crippen molar-refractivity contribution >= 4 is 23.6 Å². The number of aliphatic hydroxyl groups excluding tert-OH is 2. The van der Waals surface area contributed by atoms with E-state index in [9.17, 15) is 24.2 Å². The first-order chi connectivity index (χ1) is 33.7. The second-order valence-corrected chi connectivity index (χ2v) is 17.7. The van der Waals surface area contributed by atoms with Crippen LogP contribution in [0.2, 0.25) is 0 Å². The summed E-state index contributed by atoms with van der Waals surface area (Å²) < 4.78 is 57.6. The van der Waals surface area contributed by atoms with Gasteiger partial charge in [0.25, 0.3) is 0 Å². The number of anilines is 1. The molecule has 3 aromatic carbocycles. The average Bonchev–Trinajstić information content (AvgIpc) is 3.36. The molecule has 372 valence electrons. The predicted octanol–water partition coefficient (Wildman–Crippen LogP) is 9.83. The minimum Gasteiger partial charge on any atom is -0.497 e. The van der Waals surface area contributed by atoms with E-state index >= 15 is 0 Å². The summed E-state index contributed by atoms with van der Waals surface area (Å²) in [6.07, 6.45) is 10.6. The van der Waals surface area contributed by atoms with Crippen molar-refractivity contribution in [3.8, 4) is 23.0 Å². The van der Waals surface area contributed by atoms with Gasteiger partial charge in [-0.25, -0.2) is 14.0 Å². The number of hydrogen-bond acceptors (Lipinski definition) is 13. The van der Waals surface area contributed by atoms with Gasteiger partial charge in [-0.3, -0.25) is 10.2 Å². The van der Waals surface area contributed by atoms with Gasteiger partial charge >= 0.3 is 12.2 Å². The van der Waals surface area contributed by atoms with Crippen molar-refractivity contribution in [1.82, 2.24) is 4.90 Å². The lowest BCUT2D eigenvalue weighted by molar-refractivity contribution is -0.256. The van der Waals surface area contributed by atoms with Gasteiger partial charge in [0.2, 0.25) is 12.1 Å². The number of rotatable bonds is 23. The Kier molecular flexibility index (Phi) is 18.1. The number of halogens is 1. The molecule has 4 aliphatic rings. The van der Waals surface area contributed by atoms with Gasteiger partial charge in [-0.05, 0) is 110 Å². The van der Waals surface area contributed by atoms with E-state index in [1.165, 1.54) is 26.4 Å². The number of oxime groups is 1. The molecule has 0 spiro atoms. The number of nitrogens with one attached hydrogen (secondary N) is 1. The van der Waals surface area contributed by atoms with Crippen LogP contribution in [-0.2, 0) is 25.6 Å². The summed E-state index contributed by atoms with van der Waals surface area (Å²) in [5.74, 6) is -1.69. The minimum absolute atomic E-state index is 0.00578. The fourth-order valence-corrected chi connectivity index (χ4v) is 10.2. The van der Waals surface area contributed by atoms with Gasteiger partial charge in [0.15, 0.2) is 0 Å². The third-order valence-electron chi connectivity index (χ3n) is 13.3. The zero-order valence-corrected chi connectivity index (χ0v) is 39.7. The molecule has 2 heterocycles. The molecule has 1 unspecified atom stereocenters. The Morgan fingerprint density at radius 2 is 1.74 bits per heavy atom. The molecule has 7 atom stereocenters. The zero-order chi connectivity index (χ0) is 48.8. The molecule has 16 heteroatoms. The predicted molar refractivity (Wildman–Crippen MR) is 257 cm³/mol. The first kappa shape index (κ1) is 50.9. The van der Waals surface area contributed by atoms with Crippen molar-refractivity contribution in [3.05, 3.63) is 115 Å². The number of ether oxygens (including phenoxy) is 7. The molecular formula is C53H66FN3O12. The number of carbonyl (C=O) groups excluding carboxylic acids is 2. The van der Waals surface area contributed by atoms with Crippen LogP contribution in [0.4, 0.5) is 19.7 Å². The maximum Gasteiger partial charge on any atom is 0.417 e. The summed E-state index contributed by atoms with van der Waals surface area (Å²) in [5.41, 5.74) is 3.13. The zero-order valence-electron chi connectivity index (χ0n) is 39.7. The van der Waals surface area contributed by atoms with E-state index < -0.39 is 48.0 Å². The van der Waals surface area contributed by atoms with Crippen LogP contribution in [0.5, 0.6) is 23.0 Å². The van der Waals surface area contributed by atoms with Crippen LogP contribution in [0.1, 0.15) is 87.7 Å². The summed E-state index contributed by atoms with van der Waals surface area (Å²) in [5, 5.41) is 27.7. The van der Waals surface area contributed by atoms with Crippen LogP contribution in [-0.4, -0.2) is 98.4 Å². The first-order valence-electron chi connectivity index (χ1n) is 24.0. The minimum atomic E-state index is -1.62. The molecule has 69 heavy (non-hydrogen) atoms. The van der Waals surface area contributed by atoms with E-state index in [2.05, 4.69) is 24.6 Å². The average molecular weight is 956 g/mol. The van der Waals surface area contributed by atoms with E-state index in [1.54, 1.807) is 59.5 Å². The Labute approximate surface area is 403 Å². The fraction of sp³-hybridized carbons (Fsp3) is 0.491. The summed E-state index contributed by atoms with van der Waals surface area (Å²) in [6.45, 7) is 8.50. The number of aliphatic hydroxyl groups is 2. The SMILES string of the molecule is C=CCCOC(=O)N(Cc1ccc(F)cc1)[C@H]1CC(=NOC2CCCCO2)C2=C[C@H](CCCCO)[C@@H](CCCCO)[C@@H]3c4cc(OC(=O)Nc5ccc(OC)cc5OC)ccc4O[C@@]1(OCC=C)[C@H]23. The third-order valence-corrected chi connectivity index (χ3v) is 13.3. The van der Waals surface area contributed by atoms with Gasteiger partial charge in [0.1, 0.15) is 34.9 Å². The van der Waals surface area contributed by atoms with Gasteiger partial charge in [-0.1, -0.05) is 48.4 Å². The molecule has 1 saturated heterocycles. The number of unbranched alkanes of at least 4 members (excludes halogenated alkanes) is 2. The lowest BCUT2D eigenvalue weighted by Gasteiger charge is -2.59. The highest BCUT2D eigenvalue weighted by Crippen LogP contribution is 2.62. The van der Waals surface area contributed by atoms with Crippen LogP contribution in [0, 0.1) is 23.6 Å². The Morgan fingerprint density at radius 1 is 0.957 bits per heavy atom. The van der Waals surface area contributed by atoms with Crippen LogP contribution < -0.4 is 24.3 Å². The molecular weight excluding hydrogens is 890 g/mol. The summed E-state index contributed by atoms with van der Waals surface area (Å²) in [4.78, 5) is 36.2. The highest BCUT2D eigenvalue weighted by molar-refractivity contribution is 6.03. The van der Waals surface area contributed by atoms with Gasteiger partial charge in [-0.15, -0.1) is 13.2 Å². The summed E-state index contributed by atoms with van der Waals surface area (Å²) in [6, 6.07) is 15.2. The number of hydrogen-bond donors (Lipinski definition) is 3. The van der Waals surface area contributed by atoms with Gasteiger partial charge in [0.05, 0.1) is 51.4 Å². The van der Waals surface area contributed by atoms with Crippen molar-refractivity contribution in [2.45, 2.75) is 101 Å². The van der Waals surface area contributed by atoms with Crippen LogP contribution in [0.15, 0.2) is 103 Å². The van der Waals surface area contributed by atoms with Crippen molar-refractivity contribution in [2.24, 2.45) is 22.9 Å². The van der Waals surface area contributed by atoms with E-state index in [4.69, 9.17) is 43.2 Å². The first-order valence-corrected chi connectivity index (χ1v) is 24.0. The van der Waals surface area contributed by atoms with Crippen molar-refractivity contribution < 1.29 is 62.2 Å². The van der Waals surface area contributed by atoms with E-state index in [0.29, 0.717) is 79.3 Å². The Hall–Kier alpha value is -5.94. The highest BCUT2D eigenvalue weighted by atomic mass is 19.1. The molecule has 2 aliphatic heterocycles. The maximum atomic E-state index is 14.7. The topological polar surface area (TPSA) is 176 Å². The highest BCUT2D eigenvalue weighted by Gasteiger charge is 2.66. The Morgan fingerprint density at radius 3 is 2.45 bits per heavy atom. The lowest BCUT2D eigenvalue weighted by atomic mass is 9.55. The van der Waals surface area contributed by atoms with Gasteiger partial charge in [-0.2, -0.15) is 0 Å². The summed E-state index contributed by atoms with van der Waals surface area (Å²) in [7, 11) is 3.03. The number of methoxy groups -OCH3 is 2. The molecule has 0 radical (unpaired) electrons. The number of nitrogens with zero attached hydrogens (tertiary/aromatic N) is 2. The molecule has 2 amide bonds. The maximum absolute atomic E-state index is 14.7. The number of amides is 2. The van der Waals surface area contributed by atoms with Crippen LogP contribution in [0.3, 0.4) is 0 Å². The molecule has 3 aromatic rings. The van der Waals surface area contributed by atoms with Crippen LogP contribution in [0.25, 0.3) is 0 Å². The van der Waals surface area contributed by atoms with E-state index in [0.717, 1.165) is 36.8 Å². The van der Waals surface area contributed by atoms with Crippen molar-refractivity contribution in [3.63, 3.8) is 0 Å². The number of fused-ring (bicyclic) bond motifs is 2. The molecule has 1 saturated carbocycles. The summed E-state index contributed by atoms with van der Waals surface area (Å²) >= 11 is 0.